The lowest BCUT2D eigenvalue weighted by Crippen LogP contribution is -2.67. The number of aliphatic hydroxyl groups excluding tert-OH is 9. The monoisotopic (exact) mass is 1070 g/mol. The molecule has 21 heteroatoms. The van der Waals surface area contributed by atoms with Crippen LogP contribution in [-0.4, -0.2) is 194 Å². The highest BCUT2D eigenvalue weighted by Gasteiger charge is 2.70. The second-order valence-electron chi connectivity index (χ2n) is 25.5. The van der Waals surface area contributed by atoms with Crippen molar-refractivity contribution in [3.05, 3.63) is 11.6 Å². The van der Waals surface area contributed by atoms with Gasteiger partial charge in [0.15, 0.2) is 31.1 Å². The number of aldehydes is 1. The van der Waals surface area contributed by atoms with E-state index in [1.807, 2.05) is 6.92 Å². The summed E-state index contributed by atoms with van der Waals surface area (Å²) >= 11 is 0. The summed E-state index contributed by atoms with van der Waals surface area (Å²) in [5, 5.41) is 97.4. The lowest BCUT2D eigenvalue weighted by Gasteiger charge is -2.71. The number of allylic oxidation sites excluding steroid dienone is 2. The maximum Gasteiger partial charge on any atom is 0.315 e. The van der Waals surface area contributed by atoms with Crippen LogP contribution in [0.1, 0.15) is 127 Å². The maximum absolute atomic E-state index is 15.8. The van der Waals surface area contributed by atoms with Crippen LogP contribution in [0.25, 0.3) is 0 Å². The highest BCUT2D eigenvalue weighted by atomic mass is 16.8. The Morgan fingerprint density at radius 2 is 1.28 bits per heavy atom. The van der Waals surface area contributed by atoms with Gasteiger partial charge in [0, 0.05) is 6.92 Å². The van der Waals surface area contributed by atoms with Gasteiger partial charge in [-0.05, 0) is 117 Å². The topological polar surface area (TPSA) is 316 Å². The van der Waals surface area contributed by atoms with Crippen LogP contribution in [0.5, 0.6) is 0 Å². The molecule has 4 saturated heterocycles. The largest absolute Gasteiger partial charge is 0.457 e. The first-order valence-corrected chi connectivity index (χ1v) is 27.3. The smallest absolute Gasteiger partial charge is 0.315 e. The molecule has 9 N–H and O–H groups in total. The van der Waals surface area contributed by atoms with E-state index in [1.165, 1.54) is 12.5 Å². The van der Waals surface area contributed by atoms with Gasteiger partial charge in [0.1, 0.15) is 67.3 Å². The number of rotatable bonds is 11. The third-order valence-electron chi connectivity index (χ3n) is 20.8. The fraction of sp³-hybridized carbons (Fsp3) is 0.907. The van der Waals surface area contributed by atoms with Gasteiger partial charge in [-0.2, -0.15) is 0 Å². The molecule has 0 spiro atoms. The average molecular weight is 1070 g/mol. The van der Waals surface area contributed by atoms with Gasteiger partial charge >= 0.3 is 11.9 Å². The van der Waals surface area contributed by atoms with E-state index in [-0.39, 0.29) is 39.4 Å². The van der Waals surface area contributed by atoms with Crippen LogP contribution in [0.4, 0.5) is 0 Å². The number of ether oxygens (including phenoxy) is 9. The van der Waals surface area contributed by atoms with Crippen molar-refractivity contribution < 1.29 is 103 Å². The number of carbonyl (C=O) groups excluding carboxylic acids is 3. The number of aliphatic hydroxyl groups is 9. The third-order valence-corrected chi connectivity index (χ3v) is 20.8. The van der Waals surface area contributed by atoms with E-state index >= 15 is 4.79 Å². The highest BCUT2D eigenvalue weighted by molar-refractivity contribution is 5.79. The van der Waals surface area contributed by atoms with Crippen LogP contribution in [0.3, 0.4) is 0 Å². The lowest BCUT2D eigenvalue weighted by molar-refractivity contribution is -0.382. The van der Waals surface area contributed by atoms with Gasteiger partial charge in [-0.25, -0.2) is 0 Å². The van der Waals surface area contributed by atoms with Gasteiger partial charge in [-0.3, -0.25) is 9.59 Å². The standard InChI is InChI=1S/C54H84O21/c1-24-40(72-44-37(63)34(60)29(58)22-67-44)36(62)39(65)45(68-24)74-43-42(73-46-38(64)35(61)30(21-55)71-46)41(70-26(3)57)25(2)69-47(43)75-48(66)54-18-16-49(4,5)20-28(54)27-10-11-32-50(6)14-13-33(59)51(7,23-56)31(50)12-15-53(32,9)52(27,8)17-19-54/h10,23-25,28-47,55,58-65H,11-22H2,1-9H3/t24-,25+,28-,29+,30-,31+,32+,33-,34-,35-,36+,37+,38+,39+,40-,41-,42-,43+,44-,45-,46-,47-,50+,51-,52+,53+,54-/m0/s1. The Balaban J connectivity index is 1.05. The van der Waals surface area contributed by atoms with Crippen molar-refractivity contribution in [2.45, 2.75) is 243 Å². The second kappa shape index (κ2) is 20.7. The lowest BCUT2D eigenvalue weighted by atomic mass is 9.33. The van der Waals surface area contributed by atoms with E-state index in [0.29, 0.717) is 38.5 Å². The predicted octanol–water partition coefficient (Wildman–Crippen LogP) is 1.05. The predicted molar refractivity (Wildman–Crippen MR) is 258 cm³/mol. The molecule has 9 rings (SSSR count). The summed E-state index contributed by atoms with van der Waals surface area (Å²) in [7, 11) is 0. The van der Waals surface area contributed by atoms with E-state index in [9.17, 15) is 55.5 Å². The van der Waals surface area contributed by atoms with E-state index in [2.05, 4.69) is 40.7 Å². The molecule has 21 nitrogen and oxygen atoms in total. The average Bonchev–Trinajstić information content (AvgIpc) is 3.63. The molecule has 0 amide bonds. The minimum atomic E-state index is -1.95. The molecule has 426 valence electrons. The third kappa shape index (κ3) is 9.38. The Morgan fingerprint density at radius 3 is 1.95 bits per heavy atom. The molecule has 0 bridgehead atoms. The van der Waals surface area contributed by atoms with Crippen LogP contribution in [0, 0.1) is 50.2 Å². The van der Waals surface area contributed by atoms with Crippen molar-refractivity contribution in [2.75, 3.05) is 13.2 Å². The Labute approximate surface area is 438 Å². The molecule has 0 unspecified atom stereocenters. The van der Waals surface area contributed by atoms with Crippen molar-refractivity contribution >= 4 is 18.2 Å². The summed E-state index contributed by atoms with van der Waals surface area (Å²) in [6.07, 6.45) is -18.9. The SMILES string of the molecule is CC(=O)O[C@@H]1[C@H](O[C@@H]2O[C@@H](CO)[C@H](O)[C@H]2O)[C@@H](O[C@@H]2O[C@@H](C)[C@H](O[C@@H]3OC[C@@H](O)[C@H](O)[C@H]3O)[C@H](O)[C@H]2O)[C@H](OC(=O)[C@]23CCC(C)(C)C[C@H]2C2=CC[C@@H]4[C@]5(C)CC[C@H](O)[C@@](C)(C=O)[C@@H]5CC[C@@]4(C)[C@]2(C)CC3)O[C@@H]1C. The molecule has 8 fully saturated rings. The van der Waals surface area contributed by atoms with E-state index in [0.717, 1.165) is 38.9 Å². The van der Waals surface area contributed by atoms with Gasteiger partial charge in [-0.1, -0.05) is 53.2 Å². The second-order valence-corrected chi connectivity index (χ2v) is 25.5. The molecule has 0 aromatic heterocycles. The van der Waals surface area contributed by atoms with E-state index in [1.54, 1.807) is 6.92 Å². The Bertz CT molecular complexity index is 2140. The zero-order valence-electron chi connectivity index (χ0n) is 44.8. The molecule has 75 heavy (non-hydrogen) atoms. The Morgan fingerprint density at radius 1 is 0.667 bits per heavy atom. The summed E-state index contributed by atoms with van der Waals surface area (Å²) in [6, 6.07) is 0. The van der Waals surface area contributed by atoms with Crippen molar-refractivity contribution in [3.8, 4) is 0 Å². The van der Waals surface area contributed by atoms with Crippen LogP contribution >= 0.6 is 0 Å². The summed E-state index contributed by atoms with van der Waals surface area (Å²) in [5.74, 6) is -1.40. The Hall–Kier alpha value is -2.29. The van der Waals surface area contributed by atoms with Crippen molar-refractivity contribution in [1.82, 2.24) is 0 Å². The first-order valence-electron chi connectivity index (χ1n) is 27.3. The zero-order valence-corrected chi connectivity index (χ0v) is 44.8. The normalized spacial score (nSPS) is 53.5. The minimum Gasteiger partial charge on any atom is -0.457 e. The summed E-state index contributed by atoms with van der Waals surface area (Å²) in [4.78, 5) is 41.4. The van der Waals surface area contributed by atoms with Crippen LogP contribution in [0.15, 0.2) is 11.6 Å². The molecule has 27 atom stereocenters. The zero-order chi connectivity index (χ0) is 54.7. The van der Waals surface area contributed by atoms with E-state index < -0.39 is 153 Å². The van der Waals surface area contributed by atoms with Crippen LogP contribution in [0.2, 0.25) is 0 Å². The van der Waals surface area contributed by atoms with Gasteiger partial charge < -0.3 is 93.4 Å². The van der Waals surface area contributed by atoms with E-state index in [4.69, 9.17) is 42.6 Å². The maximum atomic E-state index is 15.8. The fourth-order valence-electron chi connectivity index (χ4n) is 16.1. The highest BCUT2D eigenvalue weighted by Crippen LogP contribution is 2.76. The molecule has 0 aromatic carbocycles. The van der Waals surface area contributed by atoms with Gasteiger partial charge in [-0.15, -0.1) is 0 Å². The Kier molecular flexibility index (Phi) is 15.8. The number of esters is 2. The quantitative estimate of drug-likeness (QED) is 0.0793. The summed E-state index contributed by atoms with van der Waals surface area (Å²) < 4.78 is 54.9. The number of hydrogen-bond donors (Lipinski definition) is 9. The van der Waals surface area contributed by atoms with Gasteiger partial charge in [0.2, 0.25) is 6.29 Å². The first-order chi connectivity index (χ1) is 35.1. The molecular formula is C54H84O21. The van der Waals surface area contributed by atoms with Crippen LogP contribution in [-0.2, 0) is 57.0 Å². The number of carbonyl (C=O) groups is 3. The molecule has 4 heterocycles. The fourth-order valence-corrected chi connectivity index (χ4v) is 16.1. The van der Waals surface area contributed by atoms with Crippen molar-refractivity contribution in [2.24, 2.45) is 50.2 Å². The van der Waals surface area contributed by atoms with Crippen molar-refractivity contribution in [3.63, 3.8) is 0 Å². The molecule has 0 radical (unpaired) electrons. The molecule has 0 aromatic rings. The molecular weight excluding hydrogens is 985 g/mol. The summed E-state index contributed by atoms with van der Waals surface area (Å²) in [6.45, 7) is 16.5. The first kappa shape index (κ1) is 57.4. The molecule has 9 aliphatic rings. The number of hydrogen-bond acceptors (Lipinski definition) is 21. The van der Waals surface area contributed by atoms with Gasteiger partial charge in [0.25, 0.3) is 0 Å². The molecule has 5 aliphatic carbocycles. The van der Waals surface area contributed by atoms with Crippen LogP contribution < -0.4 is 0 Å². The summed E-state index contributed by atoms with van der Waals surface area (Å²) in [5.41, 5.74) is -1.62. The number of fused-ring (bicyclic) bond motifs is 7. The molecule has 4 aliphatic heterocycles. The van der Waals surface area contributed by atoms with Gasteiger partial charge in [0.05, 0.1) is 42.4 Å². The minimum absolute atomic E-state index is 0.0116. The molecule has 4 saturated carbocycles. The van der Waals surface area contributed by atoms with Crippen molar-refractivity contribution in [1.29, 1.82) is 0 Å².